The van der Waals surface area contributed by atoms with E-state index < -0.39 is 66.0 Å². The Morgan fingerprint density at radius 2 is 1.33 bits per heavy atom. The number of carbonyl (C=O) groups is 2. The van der Waals surface area contributed by atoms with Gasteiger partial charge >= 0.3 is 17.3 Å². The number of rotatable bonds is 6. The lowest BCUT2D eigenvalue weighted by Crippen LogP contribution is -2.11. The van der Waals surface area contributed by atoms with E-state index in [-0.39, 0.29) is 0 Å². The fraction of sp³-hybridized carbons (Fsp3) is 0. The number of hydrogen-bond acceptors (Lipinski definition) is 9. The Bertz CT molecular complexity index is 995. The molecule has 0 aliphatic rings. The Morgan fingerprint density at radius 3 is 1.74 bits per heavy atom. The van der Waals surface area contributed by atoms with Crippen molar-refractivity contribution in [2.75, 3.05) is 0 Å². The summed E-state index contributed by atoms with van der Waals surface area (Å²) in [6.45, 7) is 0. The lowest BCUT2D eigenvalue weighted by Gasteiger charge is -2.06. The number of aromatic hydroxyl groups is 1. The van der Waals surface area contributed by atoms with E-state index in [1.165, 1.54) is 0 Å². The molecule has 0 heterocycles. The SMILES string of the molecule is O=C(O)c1cc([N+](=O)[O-])ccc1C(=O)c1cc([N+](=O)[O-])c(O)c([N+](=O)[O-])c1. The number of carboxylic acids is 1. The van der Waals surface area contributed by atoms with Gasteiger partial charge in [-0.2, -0.15) is 0 Å². The number of benzene rings is 2. The van der Waals surface area contributed by atoms with Crippen LogP contribution >= 0.6 is 0 Å². The van der Waals surface area contributed by atoms with Crippen molar-refractivity contribution in [2.45, 2.75) is 0 Å². The molecule has 0 bridgehead atoms. The first kappa shape index (κ1) is 18.9. The van der Waals surface area contributed by atoms with Crippen molar-refractivity contribution in [3.63, 3.8) is 0 Å². The molecule has 0 saturated carbocycles. The molecule has 138 valence electrons. The molecule has 0 atom stereocenters. The minimum Gasteiger partial charge on any atom is -0.497 e. The van der Waals surface area contributed by atoms with Crippen molar-refractivity contribution in [1.82, 2.24) is 0 Å². The average Bonchev–Trinajstić information content (AvgIpc) is 2.60. The van der Waals surface area contributed by atoms with Crippen LogP contribution in [0.4, 0.5) is 17.1 Å². The van der Waals surface area contributed by atoms with Gasteiger partial charge in [0.15, 0.2) is 5.78 Å². The second kappa shape index (κ2) is 6.83. The number of hydrogen-bond donors (Lipinski definition) is 2. The summed E-state index contributed by atoms with van der Waals surface area (Å²) in [5.74, 6) is -4.14. The van der Waals surface area contributed by atoms with E-state index in [0.717, 1.165) is 12.1 Å². The number of nitro groups is 3. The summed E-state index contributed by atoms with van der Waals surface area (Å²) in [5, 5.41) is 51.4. The Labute approximate surface area is 147 Å². The summed E-state index contributed by atoms with van der Waals surface area (Å²) in [6, 6.07) is 3.34. The molecule has 0 amide bonds. The predicted molar refractivity (Wildman–Crippen MR) is 84.9 cm³/mol. The summed E-state index contributed by atoms with van der Waals surface area (Å²) in [5.41, 5.74) is -4.89. The van der Waals surface area contributed by atoms with Gasteiger partial charge in [0.1, 0.15) is 0 Å². The first-order valence-corrected chi connectivity index (χ1v) is 6.76. The maximum absolute atomic E-state index is 12.6. The number of carbonyl (C=O) groups excluding carboxylic acids is 1. The van der Waals surface area contributed by atoms with Crippen molar-refractivity contribution < 1.29 is 34.6 Å². The molecular weight excluding hydrogens is 370 g/mol. The van der Waals surface area contributed by atoms with Gasteiger partial charge in [-0.25, -0.2) is 4.79 Å². The largest absolute Gasteiger partial charge is 0.497 e. The quantitative estimate of drug-likeness (QED) is 0.425. The molecule has 0 aromatic heterocycles. The highest BCUT2D eigenvalue weighted by Crippen LogP contribution is 2.37. The van der Waals surface area contributed by atoms with E-state index in [9.17, 15) is 45.0 Å². The third-order valence-electron chi connectivity index (χ3n) is 3.41. The molecule has 0 fully saturated rings. The van der Waals surface area contributed by atoms with Crippen molar-refractivity contribution in [3.8, 4) is 5.75 Å². The van der Waals surface area contributed by atoms with Gasteiger partial charge in [0.2, 0.25) is 0 Å². The highest BCUT2D eigenvalue weighted by Gasteiger charge is 2.30. The molecule has 13 nitrogen and oxygen atoms in total. The molecule has 27 heavy (non-hydrogen) atoms. The van der Waals surface area contributed by atoms with Gasteiger partial charge in [0.25, 0.3) is 11.4 Å². The smallest absolute Gasteiger partial charge is 0.336 e. The summed E-state index contributed by atoms with van der Waals surface area (Å²) in [4.78, 5) is 53.3. The number of non-ortho nitro benzene ring substituents is 1. The standard InChI is InChI=1S/C14H7N3O10/c18-12(8-2-1-7(15(22)23)5-9(8)14(20)21)6-3-10(16(24)25)13(19)11(4-6)17(26)27/h1-5,19H,(H,20,21). The number of nitrogens with zero attached hydrogens (tertiary/aromatic N) is 3. The predicted octanol–water partition coefficient (Wildman–Crippen LogP) is 2.05. The van der Waals surface area contributed by atoms with Crippen molar-refractivity contribution in [2.24, 2.45) is 0 Å². The molecular formula is C14H7N3O10. The number of aromatic carboxylic acids is 1. The molecule has 0 aliphatic heterocycles. The minimum absolute atomic E-state index is 0.539. The van der Waals surface area contributed by atoms with Gasteiger partial charge < -0.3 is 10.2 Å². The maximum atomic E-state index is 12.6. The Hall–Kier alpha value is -4.42. The molecule has 2 aromatic rings. The van der Waals surface area contributed by atoms with Crippen LogP contribution in [0.2, 0.25) is 0 Å². The van der Waals surface area contributed by atoms with E-state index in [4.69, 9.17) is 5.11 Å². The van der Waals surface area contributed by atoms with Crippen LogP contribution in [0.1, 0.15) is 26.3 Å². The molecule has 2 N–H and O–H groups in total. The molecule has 2 rings (SSSR count). The molecule has 0 saturated heterocycles. The highest BCUT2D eigenvalue weighted by molar-refractivity contribution is 6.15. The van der Waals surface area contributed by atoms with Gasteiger partial charge in [-0.05, 0) is 6.07 Å². The molecule has 0 spiro atoms. The van der Waals surface area contributed by atoms with E-state index in [1.807, 2.05) is 0 Å². The number of ketones is 1. The second-order valence-electron chi connectivity index (χ2n) is 5.00. The van der Waals surface area contributed by atoms with Crippen LogP contribution in [0.3, 0.4) is 0 Å². The Kier molecular flexibility index (Phi) is 4.78. The second-order valence-corrected chi connectivity index (χ2v) is 5.00. The van der Waals surface area contributed by atoms with Gasteiger partial charge in [-0.15, -0.1) is 0 Å². The van der Waals surface area contributed by atoms with E-state index >= 15 is 0 Å². The fourth-order valence-electron chi connectivity index (χ4n) is 2.19. The van der Waals surface area contributed by atoms with Gasteiger partial charge in [-0.3, -0.25) is 35.1 Å². The summed E-state index contributed by atoms with van der Waals surface area (Å²) in [6.07, 6.45) is 0. The molecule has 2 aromatic carbocycles. The zero-order chi connectivity index (χ0) is 20.5. The van der Waals surface area contributed by atoms with Crippen LogP contribution in [0.25, 0.3) is 0 Å². The third kappa shape index (κ3) is 3.51. The molecule has 13 heteroatoms. The normalized spacial score (nSPS) is 10.2. The fourth-order valence-corrected chi connectivity index (χ4v) is 2.19. The zero-order valence-electron chi connectivity index (χ0n) is 12.9. The van der Waals surface area contributed by atoms with Crippen LogP contribution in [-0.4, -0.2) is 36.7 Å². The van der Waals surface area contributed by atoms with Crippen molar-refractivity contribution in [1.29, 1.82) is 0 Å². The first-order chi connectivity index (χ1) is 12.5. The third-order valence-corrected chi connectivity index (χ3v) is 3.41. The van der Waals surface area contributed by atoms with E-state index in [0.29, 0.717) is 18.2 Å². The summed E-state index contributed by atoms with van der Waals surface area (Å²) in [7, 11) is 0. The topological polar surface area (TPSA) is 204 Å². The lowest BCUT2D eigenvalue weighted by atomic mass is 9.97. The number of phenolic OH excluding ortho intramolecular Hbond substituents is 1. The van der Waals surface area contributed by atoms with Gasteiger partial charge in [0.05, 0.1) is 20.3 Å². The minimum atomic E-state index is -1.69. The molecule has 0 radical (unpaired) electrons. The van der Waals surface area contributed by atoms with E-state index in [1.54, 1.807) is 0 Å². The van der Waals surface area contributed by atoms with Crippen LogP contribution in [0, 0.1) is 30.3 Å². The zero-order valence-corrected chi connectivity index (χ0v) is 12.9. The summed E-state index contributed by atoms with van der Waals surface area (Å²) < 4.78 is 0. The number of carboxylic acid groups (broad SMARTS) is 1. The van der Waals surface area contributed by atoms with Gasteiger partial charge in [0, 0.05) is 35.4 Å². The van der Waals surface area contributed by atoms with Crippen LogP contribution in [0.15, 0.2) is 30.3 Å². The monoisotopic (exact) mass is 377 g/mol. The highest BCUT2D eigenvalue weighted by atomic mass is 16.6. The average molecular weight is 377 g/mol. The van der Waals surface area contributed by atoms with Crippen LogP contribution in [0.5, 0.6) is 5.75 Å². The van der Waals surface area contributed by atoms with Crippen molar-refractivity contribution >= 4 is 28.8 Å². The maximum Gasteiger partial charge on any atom is 0.336 e. The molecule has 0 unspecified atom stereocenters. The first-order valence-electron chi connectivity index (χ1n) is 6.76. The Morgan fingerprint density at radius 1 is 0.815 bits per heavy atom. The Balaban J connectivity index is 2.71. The van der Waals surface area contributed by atoms with Crippen LogP contribution in [-0.2, 0) is 0 Å². The van der Waals surface area contributed by atoms with Crippen LogP contribution < -0.4 is 0 Å². The molecule has 0 aliphatic carbocycles. The number of nitro benzene ring substituents is 3. The van der Waals surface area contributed by atoms with Crippen molar-refractivity contribution in [3.05, 3.63) is 77.4 Å². The lowest BCUT2D eigenvalue weighted by molar-refractivity contribution is -0.396. The summed E-state index contributed by atoms with van der Waals surface area (Å²) >= 11 is 0. The van der Waals surface area contributed by atoms with E-state index in [2.05, 4.69) is 0 Å². The van der Waals surface area contributed by atoms with Gasteiger partial charge in [-0.1, -0.05) is 0 Å². The number of phenols is 1.